The highest BCUT2D eigenvalue weighted by Gasteiger charge is 2.28. The third-order valence-electron chi connectivity index (χ3n) is 6.74. The van der Waals surface area contributed by atoms with Crippen molar-refractivity contribution in [2.75, 3.05) is 18.4 Å². The van der Waals surface area contributed by atoms with E-state index in [1.807, 2.05) is 24.3 Å². The number of carbonyl (C=O) groups excluding carboxylic acids is 2. The first-order valence-corrected chi connectivity index (χ1v) is 12.0. The zero-order chi connectivity index (χ0) is 23.5. The molecule has 0 spiro atoms. The summed E-state index contributed by atoms with van der Waals surface area (Å²) in [5, 5.41) is 11.8. The van der Waals surface area contributed by atoms with Crippen molar-refractivity contribution in [3.05, 3.63) is 65.7 Å². The standard InChI is InChI=1S/C26H28FN5O2/c27-21-10-8-19(9-11-21)26(34)31-15-12-18(13-16-31)25(33)28-22-6-4-5-20(17-22)24-30-29-23-7-2-1-3-14-32(23)24/h4-6,8-11,17-18H,1-3,7,12-16H2,(H,28,33). The number of hydrogen-bond donors (Lipinski definition) is 1. The van der Waals surface area contributed by atoms with Crippen molar-refractivity contribution in [3.63, 3.8) is 0 Å². The number of aromatic nitrogens is 3. The number of likely N-dealkylation sites (tertiary alicyclic amines) is 1. The number of fused-ring (bicyclic) bond motifs is 1. The predicted octanol–water partition coefficient (Wildman–Crippen LogP) is 4.30. The first-order chi connectivity index (χ1) is 16.6. The molecule has 2 aromatic carbocycles. The van der Waals surface area contributed by atoms with E-state index in [1.165, 1.54) is 30.7 Å². The molecule has 1 aromatic heterocycles. The Morgan fingerprint density at radius 3 is 2.53 bits per heavy atom. The highest BCUT2D eigenvalue weighted by molar-refractivity contribution is 5.95. The van der Waals surface area contributed by atoms with Crippen molar-refractivity contribution in [3.8, 4) is 11.4 Å². The molecule has 1 N–H and O–H groups in total. The summed E-state index contributed by atoms with van der Waals surface area (Å²) in [6.07, 6.45) is 5.60. The number of nitrogens with one attached hydrogen (secondary N) is 1. The maximum absolute atomic E-state index is 13.1. The van der Waals surface area contributed by atoms with Crippen LogP contribution in [0.25, 0.3) is 11.4 Å². The van der Waals surface area contributed by atoms with Crippen molar-refractivity contribution < 1.29 is 14.0 Å². The van der Waals surface area contributed by atoms with Gasteiger partial charge in [0.05, 0.1) is 0 Å². The molecular weight excluding hydrogens is 433 g/mol. The fourth-order valence-corrected chi connectivity index (χ4v) is 4.80. The van der Waals surface area contributed by atoms with Crippen LogP contribution in [0.4, 0.5) is 10.1 Å². The highest BCUT2D eigenvalue weighted by Crippen LogP contribution is 2.26. The lowest BCUT2D eigenvalue weighted by Gasteiger charge is -2.31. The number of halogens is 1. The summed E-state index contributed by atoms with van der Waals surface area (Å²) >= 11 is 0. The minimum Gasteiger partial charge on any atom is -0.339 e. The molecule has 0 saturated carbocycles. The molecule has 0 aliphatic carbocycles. The maximum Gasteiger partial charge on any atom is 0.253 e. The summed E-state index contributed by atoms with van der Waals surface area (Å²) in [5.41, 5.74) is 2.14. The van der Waals surface area contributed by atoms with Crippen molar-refractivity contribution in [2.45, 2.75) is 45.1 Å². The van der Waals surface area contributed by atoms with Gasteiger partial charge in [-0.15, -0.1) is 10.2 Å². The van der Waals surface area contributed by atoms with Gasteiger partial charge in [0.15, 0.2) is 5.82 Å². The van der Waals surface area contributed by atoms with E-state index in [0.29, 0.717) is 31.5 Å². The van der Waals surface area contributed by atoms with Crippen LogP contribution in [0.3, 0.4) is 0 Å². The Hall–Kier alpha value is -3.55. The normalized spacial score (nSPS) is 16.6. The van der Waals surface area contributed by atoms with E-state index in [1.54, 1.807) is 4.90 Å². The number of amides is 2. The van der Waals surface area contributed by atoms with Crippen LogP contribution >= 0.6 is 0 Å². The molecule has 2 aliphatic rings. The Balaban J connectivity index is 1.21. The molecule has 7 nitrogen and oxygen atoms in total. The molecule has 5 rings (SSSR count). The van der Waals surface area contributed by atoms with Crippen molar-refractivity contribution in [2.24, 2.45) is 5.92 Å². The van der Waals surface area contributed by atoms with Gasteiger partial charge in [0.25, 0.3) is 5.91 Å². The van der Waals surface area contributed by atoms with Crippen molar-refractivity contribution in [1.82, 2.24) is 19.7 Å². The first kappa shape index (κ1) is 22.3. The van der Waals surface area contributed by atoms with E-state index in [9.17, 15) is 14.0 Å². The number of rotatable bonds is 4. The van der Waals surface area contributed by atoms with Crippen LogP contribution in [0, 0.1) is 11.7 Å². The number of carbonyl (C=O) groups is 2. The lowest BCUT2D eigenvalue weighted by atomic mass is 9.95. The number of piperidine rings is 1. The number of nitrogens with zero attached hydrogens (tertiary/aromatic N) is 4. The Morgan fingerprint density at radius 1 is 0.941 bits per heavy atom. The minimum absolute atomic E-state index is 0.0360. The minimum atomic E-state index is -0.365. The van der Waals surface area contributed by atoms with Gasteiger partial charge in [-0.1, -0.05) is 18.6 Å². The van der Waals surface area contributed by atoms with E-state index in [-0.39, 0.29) is 23.5 Å². The quantitative estimate of drug-likeness (QED) is 0.628. The zero-order valence-electron chi connectivity index (χ0n) is 19.0. The van der Waals surface area contributed by atoms with Crippen molar-refractivity contribution >= 4 is 17.5 Å². The van der Waals surface area contributed by atoms with Crippen molar-refractivity contribution in [1.29, 1.82) is 0 Å². The summed E-state index contributed by atoms with van der Waals surface area (Å²) in [4.78, 5) is 27.3. The summed E-state index contributed by atoms with van der Waals surface area (Å²) in [6, 6.07) is 13.3. The Labute approximate surface area is 198 Å². The van der Waals surface area contributed by atoms with E-state index >= 15 is 0 Å². The van der Waals surface area contributed by atoms with Crippen LogP contribution in [0.15, 0.2) is 48.5 Å². The molecule has 0 atom stereocenters. The number of benzene rings is 2. The van der Waals surface area contributed by atoms with Gasteiger partial charge in [0.1, 0.15) is 11.6 Å². The Bertz CT molecular complexity index is 1180. The van der Waals surface area contributed by atoms with Gasteiger partial charge in [-0.05, 0) is 62.1 Å². The largest absolute Gasteiger partial charge is 0.339 e. The van der Waals surface area contributed by atoms with Crippen LogP contribution < -0.4 is 5.32 Å². The van der Waals surface area contributed by atoms with E-state index in [2.05, 4.69) is 20.1 Å². The fourth-order valence-electron chi connectivity index (χ4n) is 4.80. The molecule has 176 valence electrons. The number of anilines is 1. The number of aryl methyl sites for hydroxylation is 1. The first-order valence-electron chi connectivity index (χ1n) is 12.0. The van der Waals surface area contributed by atoms with Crippen LogP contribution in [0.2, 0.25) is 0 Å². The fraction of sp³-hybridized carbons (Fsp3) is 0.385. The second kappa shape index (κ2) is 9.75. The summed E-state index contributed by atoms with van der Waals surface area (Å²) in [7, 11) is 0. The van der Waals surface area contributed by atoms with Gasteiger partial charge in [0.2, 0.25) is 5.91 Å². The molecule has 1 fully saturated rings. The van der Waals surface area contributed by atoms with Crippen LogP contribution in [0.1, 0.15) is 48.3 Å². The van der Waals surface area contributed by atoms with E-state index in [0.717, 1.165) is 48.7 Å². The number of hydrogen-bond acceptors (Lipinski definition) is 4. The smallest absolute Gasteiger partial charge is 0.253 e. The molecule has 2 amide bonds. The molecule has 2 aliphatic heterocycles. The third kappa shape index (κ3) is 4.71. The molecule has 1 saturated heterocycles. The molecule has 3 aromatic rings. The molecule has 0 bridgehead atoms. The van der Waals surface area contributed by atoms with Crippen LogP contribution in [0.5, 0.6) is 0 Å². The Morgan fingerprint density at radius 2 is 1.74 bits per heavy atom. The predicted molar refractivity (Wildman–Crippen MR) is 127 cm³/mol. The average Bonchev–Trinajstić information content (AvgIpc) is 3.12. The lowest BCUT2D eigenvalue weighted by Crippen LogP contribution is -2.41. The van der Waals surface area contributed by atoms with Gasteiger partial charge in [-0.2, -0.15) is 0 Å². The topological polar surface area (TPSA) is 80.1 Å². The Kier molecular flexibility index (Phi) is 6.38. The second-order valence-corrected chi connectivity index (χ2v) is 9.05. The molecule has 3 heterocycles. The summed E-state index contributed by atoms with van der Waals surface area (Å²) in [5.74, 6) is 1.19. The molecule has 0 unspecified atom stereocenters. The summed E-state index contributed by atoms with van der Waals surface area (Å²) in [6.45, 7) is 1.92. The maximum atomic E-state index is 13.1. The highest BCUT2D eigenvalue weighted by atomic mass is 19.1. The lowest BCUT2D eigenvalue weighted by molar-refractivity contribution is -0.121. The van der Waals surface area contributed by atoms with Gasteiger partial charge in [-0.25, -0.2) is 4.39 Å². The second-order valence-electron chi connectivity index (χ2n) is 9.05. The van der Waals surface area contributed by atoms with E-state index < -0.39 is 0 Å². The van der Waals surface area contributed by atoms with Gasteiger partial charge in [0, 0.05) is 48.8 Å². The van der Waals surface area contributed by atoms with Crippen LogP contribution in [-0.4, -0.2) is 44.6 Å². The van der Waals surface area contributed by atoms with Gasteiger partial charge in [-0.3, -0.25) is 9.59 Å². The van der Waals surface area contributed by atoms with E-state index in [4.69, 9.17) is 0 Å². The monoisotopic (exact) mass is 461 g/mol. The van der Waals surface area contributed by atoms with Gasteiger partial charge >= 0.3 is 0 Å². The van der Waals surface area contributed by atoms with Gasteiger partial charge < -0.3 is 14.8 Å². The third-order valence-corrected chi connectivity index (χ3v) is 6.74. The average molecular weight is 462 g/mol. The summed E-state index contributed by atoms with van der Waals surface area (Å²) < 4.78 is 15.3. The zero-order valence-corrected chi connectivity index (χ0v) is 19.0. The molecule has 34 heavy (non-hydrogen) atoms. The SMILES string of the molecule is O=C(Nc1cccc(-c2nnc3n2CCCCC3)c1)C1CCN(C(=O)c2ccc(F)cc2)CC1. The van der Waals surface area contributed by atoms with Crippen LogP contribution in [-0.2, 0) is 17.8 Å². The molecular formula is C26H28FN5O2. The molecule has 8 heteroatoms. The molecule has 0 radical (unpaired) electrons.